The van der Waals surface area contributed by atoms with E-state index in [-0.39, 0.29) is 18.1 Å². The van der Waals surface area contributed by atoms with Gasteiger partial charge in [-0.25, -0.2) is 0 Å². The minimum absolute atomic E-state index is 0.0985. The third-order valence-electron chi connectivity index (χ3n) is 3.55. The third kappa shape index (κ3) is 7.08. The highest BCUT2D eigenvalue weighted by Gasteiger charge is 2.16. The molecule has 0 unspecified atom stereocenters. The Kier molecular flexibility index (Phi) is 7.87. The van der Waals surface area contributed by atoms with Gasteiger partial charge < -0.3 is 20.1 Å². The molecule has 0 bridgehead atoms. The Morgan fingerprint density at radius 3 is 2.29 bits per heavy atom. The molecule has 0 aliphatic rings. The topological polar surface area (TPSA) is 59.6 Å². The minimum Gasteiger partial charge on any atom is -0.493 e. The zero-order valence-corrected chi connectivity index (χ0v) is 19.3. The lowest BCUT2D eigenvalue weighted by molar-refractivity contribution is -0.124. The molecule has 2 rings (SSSR count). The fraction of sp³-hybridized carbons (Fsp3) is 0.350. The molecule has 0 saturated carbocycles. The summed E-state index contributed by atoms with van der Waals surface area (Å²) in [5.74, 6) is 0.815. The molecule has 0 fully saturated rings. The number of nitrogens with one attached hydrogen (secondary N) is 2. The van der Waals surface area contributed by atoms with Crippen molar-refractivity contribution in [2.45, 2.75) is 32.9 Å². The standard InChI is InChI=1S/C20H23BrCl2N2O3/c1-20(2,3)25-19(26)11-28-18-9-16(21)12(5-17(18)27-4)10-24-15-7-13(22)6-14(23)8-15/h5-9,24H,10-11H2,1-4H3,(H,25,26). The summed E-state index contributed by atoms with van der Waals surface area (Å²) < 4.78 is 11.9. The van der Waals surface area contributed by atoms with Crippen LogP contribution in [0.25, 0.3) is 0 Å². The van der Waals surface area contributed by atoms with E-state index in [9.17, 15) is 4.79 Å². The SMILES string of the molecule is COc1cc(CNc2cc(Cl)cc(Cl)c2)c(Br)cc1OCC(=O)NC(C)(C)C. The van der Waals surface area contributed by atoms with Gasteiger partial charge in [0.25, 0.3) is 5.91 Å². The first-order valence-corrected chi connectivity index (χ1v) is 10.1. The minimum atomic E-state index is -0.316. The second-order valence-electron chi connectivity index (χ2n) is 7.19. The first-order chi connectivity index (χ1) is 13.1. The lowest BCUT2D eigenvalue weighted by atomic mass is 10.1. The van der Waals surface area contributed by atoms with Crippen LogP contribution in [0.5, 0.6) is 11.5 Å². The summed E-state index contributed by atoms with van der Waals surface area (Å²) in [6, 6.07) is 8.90. The number of carbonyl (C=O) groups is 1. The van der Waals surface area contributed by atoms with Crippen LogP contribution in [0.15, 0.2) is 34.8 Å². The Bertz CT molecular complexity index is 834. The molecule has 0 aliphatic heterocycles. The number of hydrogen-bond acceptors (Lipinski definition) is 4. The quantitative estimate of drug-likeness (QED) is 0.526. The summed E-state index contributed by atoms with van der Waals surface area (Å²) in [7, 11) is 1.55. The van der Waals surface area contributed by atoms with Crippen LogP contribution < -0.4 is 20.1 Å². The van der Waals surface area contributed by atoms with Gasteiger partial charge in [-0.05, 0) is 56.7 Å². The number of carbonyl (C=O) groups excluding carboxylic acids is 1. The highest BCUT2D eigenvalue weighted by molar-refractivity contribution is 9.10. The summed E-state index contributed by atoms with van der Waals surface area (Å²) in [5.41, 5.74) is 1.44. The number of halogens is 3. The van der Waals surface area contributed by atoms with Crippen LogP contribution in [0.3, 0.4) is 0 Å². The van der Waals surface area contributed by atoms with Crippen molar-refractivity contribution in [2.24, 2.45) is 0 Å². The largest absolute Gasteiger partial charge is 0.493 e. The van der Waals surface area contributed by atoms with E-state index in [1.165, 1.54) is 0 Å². The van der Waals surface area contributed by atoms with Crippen LogP contribution in [0.2, 0.25) is 10.0 Å². The Morgan fingerprint density at radius 2 is 1.71 bits per heavy atom. The average molecular weight is 490 g/mol. The fourth-order valence-corrected chi connectivity index (χ4v) is 3.42. The van der Waals surface area contributed by atoms with E-state index in [1.54, 1.807) is 31.4 Å². The van der Waals surface area contributed by atoms with E-state index in [2.05, 4.69) is 26.6 Å². The van der Waals surface area contributed by atoms with Crippen LogP contribution >= 0.6 is 39.1 Å². The van der Waals surface area contributed by atoms with Crippen molar-refractivity contribution in [3.05, 3.63) is 50.4 Å². The van der Waals surface area contributed by atoms with Gasteiger partial charge in [0.05, 0.1) is 7.11 Å². The molecule has 1 amide bonds. The van der Waals surface area contributed by atoms with Crippen LogP contribution in [-0.2, 0) is 11.3 Å². The predicted molar refractivity (Wildman–Crippen MR) is 118 cm³/mol. The van der Waals surface area contributed by atoms with E-state index < -0.39 is 0 Å². The van der Waals surface area contributed by atoms with Gasteiger partial charge in [0, 0.05) is 32.3 Å². The van der Waals surface area contributed by atoms with Crippen molar-refractivity contribution in [1.29, 1.82) is 0 Å². The van der Waals surface area contributed by atoms with Crippen LogP contribution in [0, 0.1) is 0 Å². The van der Waals surface area contributed by atoms with E-state index in [4.69, 9.17) is 32.7 Å². The fourth-order valence-electron chi connectivity index (χ4n) is 2.44. The number of hydrogen-bond donors (Lipinski definition) is 2. The maximum atomic E-state index is 12.0. The predicted octanol–water partition coefficient (Wildman–Crippen LogP) is 5.67. The molecule has 152 valence electrons. The summed E-state index contributed by atoms with van der Waals surface area (Å²) in [6.07, 6.45) is 0. The van der Waals surface area contributed by atoms with Crippen molar-refractivity contribution in [2.75, 3.05) is 19.0 Å². The highest BCUT2D eigenvalue weighted by atomic mass is 79.9. The lowest BCUT2D eigenvalue weighted by Crippen LogP contribution is -2.43. The monoisotopic (exact) mass is 488 g/mol. The summed E-state index contributed by atoms with van der Waals surface area (Å²) in [4.78, 5) is 12.0. The van der Waals surface area contributed by atoms with Crippen LogP contribution in [0.4, 0.5) is 5.69 Å². The zero-order chi connectivity index (χ0) is 20.9. The first kappa shape index (κ1) is 22.7. The van der Waals surface area contributed by atoms with E-state index in [0.29, 0.717) is 28.1 Å². The molecule has 28 heavy (non-hydrogen) atoms. The maximum absolute atomic E-state index is 12.0. The Balaban J connectivity index is 2.08. The van der Waals surface area contributed by atoms with Crippen molar-refractivity contribution < 1.29 is 14.3 Å². The van der Waals surface area contributed by atoms with Crippen molar-refractivity contribution in [1.82, 2.24) is 5.32 Å². The van der Waals surface area contributed by atoms with E-state index >= 15 is 0 Å². The molecule has 0 spiro atoms. The van der Waals surface area contributed by atoms with Crippen LogP contribution in [0.1, 0.15) is 26.3 Å². The van der Waals surface area contributed by atoms with Crippen molar-refractivity contribution in [3.63, 3.8) is 0 Å². The van der Waals surface area contributed by atoms with E-state index in [1.807, 2.05) is 26.8 Å². The molecule has 0 aromatic heterocycles. The number of ether oxygens (including phenoxy) is 2. The molecule has 0 aliphatic carbocycles. The summed E-state index contributed by atoms with van der Waals surface area (Å²) in [6.45, 7) is 6.15. The molecule has 0 heterocycles. The molecule has 2 aromatic rings. The van der Waals surface area contributed by atoms with Gasteiger partial charge in [0.1, 0.15) is 0 Å². The third-order valence-corrected chi connectivity index (χ3v) is 4.73. The van der Waals surface area contributed by atoms with E-state index in [0.717, 1.165) is 15.7 Å². The van der Waals surface area contributed by atoms with Gasteiger partial charge >= 0.3 is 0 Å². The number of amides is 1. The zero-order valence-electron chi connectivity index (χ0n) is 16.2. The Hall–Kier alpha value is -1.63. The molecule has 2 aromatic carbocycles. The molecule has 0 saturated heterocycles. The molecule has 5 nitrogen and oxygen atoms in total. The van der Waals surface area contributed by atoms with Gasteiger partial charge in [0.2, 0.25) is 0 Å². The van der Waals surface area contributed by atoms with Gasteiger partial charge in [-0.1, -0.05) is 39.1 Å². The highest BCUT2D eigenvalue weighted by Crippen LogP contribution is 2.34. The molecule has 8 heteroatoms. The van der Waals surface area contributed by atoms with Gasteiger partial charge in [-0.15, -0.1) is 0 Å². The molecular weight excluding hydrogens is 467 g/mol. The molecular formula is C20H23BrCl2N2O3. The van der Waals surface area contributed by atoms with Crippen LogP contribution in [-0.4, -0.2) is 25.2 Å². The number of methoxy groups -OCH3 is 1. The number of benzene rings is 2. The first-order valence-electron chi connectivity index (χ1n) is 8.57. The normalized spacial score (nSPS) is 11.1. The Morgan fingerprint density at radius 1 is 1.07 bits per heavy atom. The number of rotatable bonds is 7. The maximum Gasteiger partial charge on any atom is 0.258 e. The Labute approximate surface area is 183 Å². The van der Waals surface area contributed by atoms with Gasteiger partial charge in [0.15, 0.2) is 18.1 Å². The second-order valence-corrected chi connectivity index (χ2v) is 8.92. The smallest absolute Gasteiger partial charge is 0.258 e. The van der Waals surface area contributed by atoms with Crippen molar-refractivity contribution in [3.8, 4) is 11.5 Å². The van der Waals surface area contributed by atoms with Gasteiger partial charge in [-0.2, -0.15) is 0 Å². The van der Waals surface area contributed by atoms with Gasteiger partial charge in [-0.3, -0.25) is 4.79 Å². The summed E-state index contributed by atoms with van der Waals surface area (Å²) >= 11 is 15.6. The molecule has 2 N–H and O–H groups in total. The molecule has 0 radical (unpaired) electrons. The average Bonchev–Trinajstić information content (AvgIpc) is 2.56. The lowest BCUT2D eigenvalue weighted by Gasteiger charge is -2.21. The molecule has 0 atom stereocenters. The summed E-state index contributed by atoms with van der Waals surface area (Å²) in [5, 5.41) is 7.24. The van der Waals surface area contributed by atoms with Crippen molar-refractivity contribution >= 4 is 50.7 Å². The number of anilines is 1. The second kappa shape index (κ2) is 9.72.